The van der Waals surface area contributed by atoms with E-state index in [1.54, 1.807) is 6.07 Å². The molecule has 1 fully saturated rings. The zero-order valence-electron chi connectivity index (χ0n) is 8.13. The highest BCUT2D eigenvalue weighted by molar-refractivity contribution is 5.36. The molecule has 0 aliphatic heterocycles. The molecule has 2 heteroatoms. The SMILES string of the molecule is C[C@H]1C[C@](C#N)(c2cccc(F)c2)C1. The molecule has 0 N–H and O–H groups in total. The molecule has 1 nitrogen and oxygen atoms in total. The molecule has 1 aliphatic rings. The first kappa shape index (κ1) is 9.21. The van der Waals surface area contributed by atoms with E-state index in [1.165, 1.54) is 12.1 Å². The van der Waals surface area contributed by atoms with Gasteiger partial charge in [-0.05, 0) is 36.5 Å². The summed E-state index contributed by atoms with van der Waals surface area (Å²) >= 11 is 0. The van der Waals surface area contributed by atoms with Crippen molar-refractivity contribution < 1.29 is 4.39 Å². The van der Waals surface area contributed by atoms with E-state index >= 15 is 0 Å². The van der Waals surface area contributed by atoms with Crippen molar-refractivity contribution in [3.8, 4) is 6.07 Å². The van der Waals surface area contributed by atoms with Crippen molar-refractivity contribution in [2.45, 2.75) is 25.2 Å². The normalized spacial score (nSPS) is 30.5. The fraction of sp³-hybridized carbons (Fsp3) is 0.417. The number of halogens is 1. The highest BCUT2D eigenvalue weighted by Gasteiger charge is 2.43. The summed E-state index contributed by atoms with van der Waals surface area (Å²) < 4.78 is 13.0. The standard InChI is InChI=1S/C12H12FN/c1-9-6-12(7-9,8-14)10-3-2-4-11(13)5-10/h2-5,9H,6-7H2,1H3/t9-,12-. The predicted molar refractivity (Wildman–Crippen MR) is 52.1 cm³/mol. The zero-order valence-corrected chi connectivity index (χ0v) is 8.13. The van der Waals surface area contributed by atoms with Crippen molar-refractivity contribution in [1.29, 1.82) is 5.26 Å². The first-order valence-corrected chi connectivity index (χ1v) is 4.83. The van der Waals surface area contributed by atoms with Gasteiger partial charge in [0.05, 0.1) is 11.5 Å². The van der Waals surface area contributed by atoms with Gasteiger partial charge in [-0.25, -0.2) is 4.39 Å². The van der Waals surface area contributed by atoms with E-state index in [0.717, 1.165) is 18.4 Å². The monoisotopic (exact) mass is 189 g/mol. The van der Waals surface area contributed by atoms with Gasteiger partial charge in [0.2, 0.25) is 0 Å². The lowest BCUT2D eigenvalue weighted by atomic mass is 9.60. The van der Waals surface area contributed by atoms with Gasteiger partial charge < -0.3 is 0 Å². The molecule has 1 aliphatic carbocycles. The van der Waals surface area contributed by atoms with Crippen LogP contribution in [0.25, 0.3) is 0 Å². The quantitative estimate of drug-likeness (QED) is 0.666. The number of nitriles is 1. The van der Waals surface area contributed by atoms with Crippen molar-refractivity contribution in [2.24, 2.45) is 5.92 Å². The molecule has 0 unspecified atom stereocenters. The number of benzene rings is 1. The lowest BCUT2D eigenvalue weighted by Crippen LogP contribution is -2.38. The molecular formula is C12H12FN. The minimum Gasteiger partial charge on any atom is -0.207 e. The summed E-state index contributed by atoms with van der Waals surface area (Å²) in [7, 11) is 0. The Morgan fingerprint density at radius 1 is 1.50 bits per heavy atom. The number of nitrogens with zero attached hydrogens (tertiary/aromatic N) is 1. The van der Waals surface area contributed by atoms with Crippen LogP contribution >= 0.6 is 0 Å². The van der Waals surface area contributed by atoms with E-state index in [1.807, 2.05) is 6.07 Å². The fourth-order valence-corrected chi connectivity index (χ4v) is 2.31. The van der Waals surface area contributed by atoms with Gasteiger partial charge in [-0.1, -0.05) is 19.1 Å². The number of hydrogen-bond acceptors (Lipinski definition) is 1. The summed E-state index contributed by atoms with van der Waals surface area (Å²) in [5.74, 6) is 0.328. The third-order valence-corrected chi connectivity index (χ3v) is 2.99. The smallest absolute Gasteiger partial charge is 0.123 e. The average Bonchev–Trinajstić information content (AvgIpc) is 2.12. The van der Waals surface area contributed by atoms with Crippen LogP contribution in [0.15, 0.2) is 24.3 Å². The molecule has 1 saturated carbocycles. The van der Waals surface area contributed by atoms with Crippen LogP contribution in [0.5, 0.6) is 0 Å². The fourth-order valence-electron chi connectivity index (χ4n) is 2.31. The van der Waals surface area contributed by atoms with Gasteiger partial charge in [0, 0.05) is 0 Å². The Kier molecular flexibility index (Phi) is 2.03. The third-order valence-electron chi connectivity index (χ3n) is 2.99. The summed E-state index contributed by atoms with van der Waals surface area (Å²) in [6.45, 7) is 2.12. The minimum absolute atomic E-state index is 0.253. The van der Waals surface area contributed by atoms with Crippen LogP contribution in [-0.2, 0) is 5.41 Å². The van der Waals surface area contributed by atoms with Crippen LogP contribution in [0, 0.1) is 23.1 Å². The topological polar surface area (TPSA) is 23.8 Å². The summed E-state index contributed by atoms with van der Waals surface area (Å²) in [4.78, 5) is 0. The largest absolute Gasteiger partial charge is 0.207 e. The lowest BCUT2D eigenvalue weighted by molar-refractivity contribution is 0.216. The number of hydrogen-bond donors (Lipinski definition) is 0. The third kappa shape index (κ3) is 1.29. The van der Waals surface area contributed by atoms with E-state index in [-0.39, 0.29) is 5.82 Å². The van der Waals surface area contributed by atoms with Crippen LogP contribution in [0.3, 0.4) is 0 Å². The van der Waals surface area contributed by atoms with Crippen molar-refractivity contribution >= 4 is 0 Å². The molecule has 0 bridgehead atoms. The first-order valence-electron chi connectivity index (χ1n) is 4.83. The summed E-state index contributed by atoms with van der Waals surface area (Å²) in [6, 6.07) is 8.74. The molecule has 0 amide bonds. The highest BCUT2D eigenvalue weighted by atomic mass is 19.1. The maximum absolute atomic E-state index is 13.0. The summed E-state index contributed by atoms with van der Waals surface area (Å²) in [6.07, 6.45) is 1.71. The molecule has 2 rings (SSSR count). The Morgan fingerprint density at radius 3 is 2.71 bits per heavy atom. The second-order valence-electron chi connectivity index (χ2n) is 4.22. The second-order valence-corrected chi connectivity index (χ2v) is 4.22. The van der Waals surface area contributed by atoms with Crippen LogP contribution in [0.2, 0.25) is 0 Å². The molecule has 0 atom stereocenters. The number of rotatable bonds is 1. The molecule has 14 heavy (non-hydrogen) atoms. The Labute approximate surface area is 83.2 Å². The molecule has 0 aromatic heterocycles. The van der Waals surface area contributed by atoms with Crippen molar-refractivity contribution in [1.82, 2.24) is 0 Å². The van der Waals surface area contributed by atoms with Crippen LogP contribution in [-0.4, -0.2) is 0 Å². The van der Waals surface area contributed by atoms with Crippen LogP contribution in [0.1, 0.15) is 25.3 Å². The Morgan fingerprint density at radius 2 is 2.21 bits per heavy atom. The zero-order chi connectivity index (χ0) is 10.2. The van der Waals surface area contributed by atoms with Gasteiger partial charge in [-0.3, -0.25) is 0 Å². The maximum Gasteiger partial charge on any atom is 0.123 e. The van der Waals surface area contributed by atoms with Crippen molar-refractivity contribution in [3.05, 3.63) is 35.6 Å². The van der Waals surface area contributed by atoms with Crippen LogP contribution in [0.4, 0.5) is 4.39 Å². The molecule has 0 radical (unpaired) electrons. The average molecular weight is 189 g/mol. The van der Waals surface area contributed by atoms with Gasteiger partial charge in [0.1, 0.15) is 5.82 Å². The van der Waals surface area contributed by atoms with Gasteiger partial charge >= 0.3 is 0 Å². The molecule has 72 valence electrons. The molecule has 1 aromatic rings. The van der Waals surface area contributed by atoms with E-state index in [2.05, 4.69) is 13.0 Å². The predicted octanol–water partition coefficient (Wildman–Crippen LogP) is 3.02. The molecule has 0 saturated heterocycles. The summed E-state index contributed by atoms with van der Waals surface area (Å²) in [5, 5.41) is 9.13. The Bertz CT molecular complexity index is 386. The van der Waals surface area contributed by atoms with E-state index in [0.29, 0.717) is 5.92 Å². The van der Waals surface area contributed by atoms with Gasteiger partial charge in [-0.2, -0.15) is 5.26 Å². The molecular weight excluding hydrogens is 177 g/mol. The minimum atomic E-state index is -0.415. The Balaban J connectivity index is 2.35. The van der Waals surface area contributed by atoms with E-state index < -0.39 is 5.41 Å². The first-order chi connectivity index (χ1) is 6.66. The van der Waals surface area contributed by atoms with Gasteiger partial charge in [-0.15, -0.1) is 0 Å². The lowest BCUT2D eigenvalue weighted by Gasteiger charge is -2.41. The van der Waals surface area contributed by atoms with E-state index in [4.69, 9.17) is 5.26 Å². The molecule has 0 heterocycles. The Hall–Kier alpha value is -1.36. The summed E-state index contributed by atoms with van der Waals surface area (Å²) in [5.41, 5.74) is 0.416. The molecule has 0 spiro atoms. The van der Waals surface area contributed by atoms with E-state index in [9.17, 15) is 4.39 Å². The van der Waals surface area contributed by atoms with Crippen LogP contribution < -0.4 is 0 Å². The molecule has 1 aromatic carbocycles. The van der Waals surface area contributed by atoms with Gasteiger partial charge in [0.15, 0.2) is 0 Å². The van der Waals surface area contributed by atoms with Crippen molar-refractivity contribution in [3.63, 3.8) is 0 Å². The van der Waals surface area contributed by atoms with Gasteiger partial charge in [0.25, 0.3) is 0 Å². The van der Waals surface area contributed by atoms with Crippen molar-refractivity contribution in [2.75, 3.05) is 0 Å². The second kappa shape index (κ2) is 3.09. The highest BCUT2D eigenvalue weighted by Crippen LogP contribution is 2.47. The maximum atomic E-state index is 13.0.